The minimum Gasteiger partial charge on any atom is -0.478 e. The van der Waals surface area contributed by atoms with Crippen LogP contribution in [0, 0.1) is 0 Å². The Morgan fingerprint density at radius 1 is 1.48 bits per heavy atom. The Balaban J connectivity index is 2.14. The number of benzene rings is 1. The van der Waals surface area contributed by atoms with Gasteiger partial charge in [-0.2, -0.15) is 0 Å². The van der Waals surface area contributed by atoms with Gasteiger partial charge in [0.25, 0.3) is 0 Å². The summed E-state index contributed by atoms with van der Waals surface area (Å²) < 4.78 is 0. The third kappa shape index (κ3) is 4.49. The minimum atomic E-state index is -1.05. The molecule has 1 saturated carbocycles. The molecule has 5 nitrogen and oxygen atoms in total. The maximum Gasteiger partial charge on any atom is 0.328 e. The average Bonchev–Trinajstić information content (AvgIpc) is 3.20. The highest BCUT2D eigenvalue weighted by Crippen LogP contribution is 2.28. The van der Waals surface area contributed by atoms with Gasteiger partial charge in [-0.3, -0.25) is 4.79 Å². The summed E-state index contributed by atoms with van der Waals surface area (Å²) in [6.45, 7) is 0.199. The van der Waals surface area contributed by atoms with Crippen LogP contribution in [0.2, 0.25) is 5.02 Å². The number of hydrogen-bond acceptors (Lipinski definition) is 3. The first-order valence-electron chi connectivity index (χ1n) is 6.67. The van der Waals surface area contributed by atoms with Crippen molar-refractivity contribution in [3.63, 3.8) is 0 Å². The summed E-state index contributed by atoms with van der Waals surface area (Å²) in [7, 11) is 1.77. The van der Waals surface area contributed by atoms with Crippen molar-refractivity contribution in [3.8, 4) is 0 Å². The normalized spacial score (nSPS) is 14.2. The van der Waals surface area contributed by atoms with Gasteiger partial charge in [-0.1, -0.05) is 17.7 Å². The summed E-state index contributed by atoms with van der Waals surface area (Å²) in [5.74, 6) is -1.09. The second-order valence-electron chi connectivity index (χ2n) is 5.04. The van der Waals surface area contributed by atoms with Crippen LogP contribution in [-0.2, 0) is 9.59 Å². The van der Waals surface area contributed by atoms with Crippen LogP contribution in [-0.4, -0.2) is 36.6 Å². The molecule has 0 atom stereocenters. The number of rotatable bonds is 6. The fraction of sp³-hybridized carbons (Fsp3) is 0.333. The Labute approximate surface area is 128 Å². The van der Waals surface area contributed by atoms with E-state index in [1.54, 1.807) is 30.1 Å². The number of carboxylic acids is 1. The Hall–Kier alpha value is -2.01. The summed E-state index contributed by atoms with van der Waals surface area (Å²) in [6.07, 6.45) is 4.55. The molecule has 1 aromatic carbocycles. The molecule has 0 unspecified atom stereocenters. The molecule has 2 rings (SSSR count). The zero-order valence-corrected chi connectivity index (χ0v) is 12.4. The third-order valence-electron chi connectivity index (χ3n) is 3.16. The summed E-state index contributed by atoms with van der Waals surface area (Å²) in [5.41, 5.74) is 1.30. The number of carboxylic acid groups (broad SMARTS) is 1. The Kier molecular flexibility index (Phi) is 4.85. The van der Waals surface area contributed by atoms with Crippen molar-refractivity contribution in [2.24, 2.45) is 0 Å². The Morgan fingerprint density at radius 2 is 2.19 bits per heavy atom. The second kappa shape index (κ2) is 6.63. The number of halogens is 1. The molecule has 1 aliphatic carbocycles. The number of carbonyl (C=O) groups is 2. The Bertz CT molecular complexity index is 582. The largest absolute Gasteiger partial charge is 0.478 e. The molecule has 21 heavy (non-hydrogen) atoms. The quantitative estimate of drug-likeness (QED) is 0.790. The molecule has 1 aliphatic rings. The van der Waals surface area contributed by atoms with Gasteiger partial charge in [0.2, 0.25) is 5.91 Å². The van der Waals surface area contributed by atoms with Crippen molar-refractivity contribution >= 4 is 35.2 Å². The van der Waals surface area contributed by atoms with Crippen LogP contribution in [0.1, 0.15) is 18.4 Å². The number of anilines is 1. The zero-order valence-electron chi connectivity index (χ0n) is 11.7. The van der Waals surface area contributed by atoms with Gasteiger partial charge in [0.15, 0.2) is 0 Å². The number of likely N-dealkylation sites (N-methyl/N-ethyl adjacent to an activating group) is 1. The van der Waals surface area contributed by atoms with Crippen LogP contribution in [0.4, 0.5) is 5.69 Å². The molecule has 0 aliphatic heterocycles. The zero-order chi connectivity index (χ0) is 15.4. The molecule has 0 heterocycles. The van der Waals surface area contributed by atoms with E-state index in [0.717, 1.165) is 18.9 Å². The number of carbonyl (C=O) groups excluding carboxylic acids is 1. The molecular weight excluding hydrogens is 292 g/mol. The van der Waals surface area contributed by atoms with Crippen LogP contribution in [0.15, 0.2) is 24.3 Å². The smallest absolute Gasteiger partial charge is 0.328 e. The van der Waals surface area contributed by atoms with Gasteiger partial charge in [-0.05, 0) is 31.1 Å². The molecule has 1 aromatic rings. The van der Waals surface area contributed by atoms with E-state index in [9.17, 15) is 9.59 Å². The molecule has 1 fully saturated rings. The van der Waals surface area contributed by atoms with Crippen LogP contribution in [0.5, 0.6) is 0 Å². The summed E-state index contributed by atoms with van der Waals surface area (Å²) in [5, 5.41) is 12.1. The molecular formula is C15H17ClN2O3. The molecule has 0 spiro atoms. The summed E-state index contributed by atoms with van der Waals surface area (Å²) in [6, 6.07) is 5.57. The highest BCUT2D eigenvalue weighted by molar-refractivity contribution is 6.32. The third-order valence-corrected chi connectivity index (χ3v) is 3.49. The van der Waals surface area contributed by atoms with Gasteiger partial charge in [-0.15, -0.1) is 0 Å². The lowest BCUT2D eigenvalue weighted by atomic mass is 10.1. The van der Waals surface area contributed by atoms with E-state index in [0.29, 0.717) is 22.3 Å². The van der Waals surface area contributed by atoms with Crippen molar-refractivity contribution < 1.29 is 14.7 Å². The molecule has 2 N–H and O–H groups in total. The first-order chi connectivity index (χ1) is 9.97. The molecule has 0 saturated heterocycles. The van der Waals surface area contributed by atoms with E-state index in [4.69, 9.17) is 16.7 Å². The maximum atomic E-state index is 11.8. The fourth-order valence-electron chi connectivity index (χ4n) is 1.98. The van der Waals surface area contributed by atoms with E-state index >= 15 is 0 Å². The highest BCUT2D eigenvalue weighted by Gasteiger charge is 2.23. The molecule has 0 radical (unpaired) electrons. The SMILES string of the molecule is CN(CC(=O)NC1CC1)c1cccc(Cl)c1C=CC(=O)O. The van der Waals surface area contributed by atoms with Crippen LogP contribution >= 0.6 is 11.6 Å². The molecule has 0 aromatic heterocycles. The van der Waals surface area contributed by atoms with Gasteiger partial charge in [-0.25, -0.2) is 4.79 Å². The minimum absolute atomic E-state index is 0.0480. The number of aliphatic carboxylic acids is 1. The summed E-state index contributed by atoms with van der Waals surface area (Å²) >= 11 is 6.12. The molecule has 1 amide bonds. The first kappa shape index (κ1) is 15.4. The predicted octanol–water partition coefficient (Wildman–Crippen LogP) is 2.15. The van der Waals surface area contributed by atoms with E-state index < -0.39 is 5.97 Å². The van der Waals surface area contributed by atoms with Crippen molar-refractivity contribution in [2.45, 2.75) is 18.9 Å². The molecule has 112 valence electrons. The first-order valence-corrected chi connectivity index (χ1v) is 7.05. The molecule has 6 heteroatoms. The van der Waals surface area contributed by atoms with Gasteiger partial charge in [0.1, 0.15) is 0 Å². The highest BCUT2D eigenvalue weighted by atomic mass is 35.5. The Morgan fingerprint density at radius 3 is 2.81 bits per heavy atom. The molecule has 0 bridgehead atoms. The van der Waals surface area contributed by atoms with E-state index in [1.807, 2.05) is 0 Å². The van der Waals surface area contributed by atoms with Crippen molar-refractivity contribution in [1.29, 1.82) is 0 Å². The lowest BCUT2D eigenvalue weighted by molar-refractivity contribution is -0.131. The lowest BCUT2D eigenvalue weighted by Gasteiger charge is -2.21. The fourth-order valence-corrected chi connectivity index (χ4v) is 2.21. The number of hydrogen-bond donors (Lipinski definition) is 2. The van der Waals surface area contributed by atoms with E-state index in [-0.39, 0.29) is 12.5 Å². The van der Waals surface area contributed by atoms with Gasteiger partial charge in [0.05, 0.1) is 6.54 Å². The lowest BCUT2D eigenvalue weighted by Crippen LogP contribution is -2.36. The topological polar surface area (TPSA) is 69.6 Å². The average molecular weight is 309 g/mol. The number of nitrogens with one attached hydrogen (secondary N) is 1. The summed E-state index contributed by atoms with van der Waals surface area (Å²) in [4.78, 5) is 24.3. The van der Waals surface area contributed by atoms with Crippen LogP contribution in [0.25, 0.3) is 6.08 Å². The van der Waals surface area contributed by atoms with Crippen molar-refractivity contribution in [3.05, 3.63) is 34.9 Å². The van der Waals surface area contributed by atoms with Gasteiger partial charge < -0.3 is 15.3 Å². The van der Waals surface area contributed by atoms with E-state index in [2.05, 4.69) is 5.32 Å². The second-order valence-corrected chi connectivity index (χ2v) is 5.45. The van der Waals surface area contributed by atoms with E-state index in [1.165, 1.54) is 6.08 Å². The standard InChI is InChI=1S/C15H17ClN2O3/c1-18(9-14(19)17-10-5-6-10)13-4-2-3-12(16)11(13)7-8-15(20)21/h2-4,7-8,10H,5-6,9H2,1H3,(H,17,19)(H,20,21). The van der Waals surface area contributed by atoms with Crippen molar-refractivity contribution in [2.75, 3.05) is 18.5 Å². The van der Waals surface area contributed by atoms with Gasteiger partial charge >= 0.3 is 5.97 Å². The van der Waals surface area contributed by atoms with Crippen LogP contribution in [0.3, 0.4) is 0 Å². The predicted molar refractivity (Wildman–Crippen MR) is 82.6 cm³/mol. The number of amides is 1. The van der Waals surface area contributed by atoms with Crippen molar-refractivity contribution in [1.82, 2.24) is 5.32 Å². The van der Waals surface area contributed by atoms with Gasteiger partial charge in [0, 0.05) is 35.4 Å². The van der Waals surface area contributed by atoms with Crippen LogP contribution < -0.4 is 10.2 Å². The number of nitrogens with zero attached hydrogens (tertiary/aromatic N) is 1. The maximum absolute atomic E-state index is 11.8. The monoisotopic (exact) mass is 308 g/mol.